The SMILES string of the molecule is Nc1cc(Br)ccc1S(=O)Cc1c(Cl)cccc1Cl. The predicted molar refractivity (Wildman–Crippen MR) is 85.1 cm³/mol. The van der Waals surface area contributed by atoms with Crippen molar-refractivity contribution < 1.29 is 4.21 Å². The largest absolute Gasteiger partial charge is 0.398 e. The Morgan fingerprint density at radius 2 is 1.79 bits per heavy atom. The second kappa shape index (κ2) is 6.27. The minimum absolute atomic E-state index is 0.240. The molecule has 2 rings (SSSR count). The van der Waals surface area contributed by atoms with Crippen molar-refractivity contribution in [2.75, 3.05) is 5.73 Å². The summed E-state index contributed by atoms with van der Waals surface area (Å²) in [4.78, 5) is 0.583. The zero-order valence-corrected chi connectivity index (χ0v) is 13.6. The Morgan fingerprint density at radius 1 is 1.16 bits per heavy atom. The van der Waals surface area contributed by atoms with Crippen LogP contribution < -0.4 is 5.73 Å². The average Bonchev–Trinajstić information content (AvgIpc) is 2.33. The molecule has 2 aromatic rings. The lowest BCUT2D eigenvalue weighted by molar-refractivity contribution is 0.683. The molecule has 0 amide bonds. The highest BCUT2D eigenvalue weighted by atomic mass is 79.9. The van der Waals surface area contributed by atoms with E-state index >= 15 is 0 Å². The molecule has 1 unspecified atom stereocenters. The van der Waals surface area contributed by atoms with Gasteiger partial charge in [-0.2, -0.15) is 0 Å². The second-order valence-electron chi connectivity index (χ2n) is 3.87. The molecule has 0 aliphatic carbocycles. The van der Waals surface area contributed by atoms with Crippen LogP contribution in [-0.4, -0.2) is 4.21 Å². The second-order valence-corrected chi connectivity index (χ2v) is 7.02. The van der Waals surface area contributed by atoms with Crippen molar-refractivity contribution in [2.24, 2.45) is 0 Å². The van der Waals surface area contributed by atoms with Crippen LogP contribution in [0.4, 0.5) is 5.69 Å². The molecule has 0 saturated heterocycles. The van der Waals surface area contributed by atoms with Gasteiger partial charge in [0.2, 0.25) is 0 Å². The molecule has 0 fully saturated rings. The number of hydrogen-bond donors (Lipinski definition) is 1. The number of hydrogen-bond acceptors (Lipinski definition) is 2. The van der Waals surface area contributed by atoms with Crippen molar-refractivity contribution in [1.82, 2.24) is 0 Å². The topological polar surface area (TPSA) is 43.1 Å². The number of nitrogen functional groups attached to an aromatic ring is 1. The minimum Gasteiger partial charge on any atom is -0.398 e. The number of anilines is 1. The van der Waals surface area contributed by atoms with Crippen molar-refractivity contribution in [3.05, 3.63) is 56.5 Å². The third-order valence-corrected chi connectivity index (χ3v) is 5.17. The molecule has 0 aliphatic heterocycles. The number of nitrogens with two attached hydrogens (primary N) is 1. The first-order valence-electron chi connectivity index (χ1n) is 5.35. The summed E-state index contributed by atoms with van der Waals surface area (Å²) in [5.74, 6) is 0.240. The zero-order chi connectivity index (χ0) is 14.0. The van der Waals surface area contributed by atoms with Crippen molar-refractivity contribution in [1.29, 1.82) is 0 Å². The maximum Gasteiger partial charge on any atom is 0.0621 e. The Balaban J connectivity index is 2.31. The smallest absolute Gasteiger partial charge is 0.0621 e. The van der Waals surface area contributed by atoms with Gasteiger partial charge in [0.05, 0.1) is 21.4 Å². The maximum absolute atomic E-state index is 12.3. The number of halogens is 3. The van der Waals surface area contributed by atoms with Gasteiger partial charge in [0.1, 0.15) is 0 Å². The summed E-state index contributed by atoms with van der Waals surface area (Å²) >= 11 is 15.5. The first kappa shape index (κ1) is 14.9. The first-order valence-corrected chi connectivity index (χ1v) is 8.22. The molecule has 0 aromatic heterocycles. The Hall–Kier alpha value is -0.550. The van der Waals surface area contributed by atoms with Gasteiger partial charge >= 0.3 is 0 Å². The normalized spacial score (nSPS) is 12.4. The molecule has 0 radical (unpaired) electrons. The highest BCUT2D eigenvalue weighted by Gasteiger charge is 2.13. The first-order chi connectivity index (χ1) is 8.99. The summed E-state index contributed by atoms with van der Waals surface area (Å²) in [5.41, 5.74) is 7.02. The average molecular weight is 379 g/mol. The summed E-state index contributed by atoms with van der Waals surface area (Å²) in [6.45, 7) is 0. The Morgan fingerprint density at radius 3 is 2.37 bits per heavy atom. The van der Waals surface area contributed by atoms with Crippen LogP contribution in [0.2, 0.25) is 10.0 Å². The standard InChI is InChI=1S/C13H10BrCl2NOS/c14-8-4-5-13(12(17)6-8)19(18)7-9-10(15)2-1-3-11(9)16/h1-6H,7,17H2. The maximum atomic E-state index is 12.3. The van der Waals surface area contributed by atoms with E-state index in [9.17, 15) is 4.21 Å². The summed E-state index contributed by atoms with van der Waals surface area (Å²) in [5, 5.41) is 1.02. The minimum atomic E-state index is -1.29. The molecular formula is C13H10BrCl2NOS. The molecule has 2 aromatic carbocycles. The lowest BCUT2D eigenvalue weighted by atomic mass is 10.2. The van der Waals surface area contributed by atoms with Gasteiger partial charge in [-0.25, -0.2) is 0 Å². The van der Waals surface area contributed by atoms with Gasteiger partial charge in [-0.1, -0.05) is 45.2 Å². The lowest BCUT2D eigenvalue weighted by Gasteiger charge is -2.09. The highest BCUT2D eigenvalue weighted by Crippen LogP contribution is 2.29. The van der Waals surface area contributed by atoms with Gasteiger partial charge < -0.3 is 5.73 Å². The molecule has 2 nitrogen and oxygen atoms in total. The third kappa shape index (κ3) is 3.51. The third-order valence-electron chi connectivity index (χ3n) is 2.55. The molecule has 0 spiro atoms. The monoisotopic (exact) mass is 377 g/mol. The highest BCUT2D eigenvalue weighted by molar-refractivity contribution is 9.10. The van der Waals surface area contributed by atoms with E-state index in [0.29, 0.717) is 26.2 Å². The van der Waals surface area contributed by atoms with Crippen LogP contribution in [0.1, 0.15) is 5.56 Å². The van der Waals surface area contributed by atoms with Crippen LogP contribution in [0.15, 0.2) is 45.8 Å². The summed E-state index contributed by atoms with van der Waals surface area (Å²) in [6.07, 6.45) is 0. The van der Waals surface area contributed by atoms with E-state index < -0.39 is 10.8 Å². The fourth-order valence-corrected chi connectivity index (χ4v) is 3.94. The molecule has 19 heavy (non-hydrogen) atoms. The Kier molecular flexibility index (Phi) is 4.90. The van der Waals surface area contributed by atoms with Gasteiger partial charge in [0.25, 0.3) is 0 Å². The fraction of sp³-hybridized carbons (Fsp3) is 0.0769. The quantitative estimate of drug-likeness (QED) is 0.790. The van der Waals surface area contributed by atoms with Crippen LogP contribution in [-0.2, 0) is 16.6 Å². The van der Waals surface area contributed by atoms with Crippen LogP contribution in [0.5, 0.6) is 0 Å². The van der Waals surface area contributed by atoms with E-state index in [1.165, 1.54) is 0 Å². The molecular weight excluding hydrogens is 369 g/mol. The number of benzene rings is 2. The summed E-state index contributed by atoms with van der Waals surface area (Å²) in [7, 11) is -1.29. The molecule has 0 aliphatic rings. The van der Waals surface area contributed by atoms with Gasteiger partial charge in [0, 0.05) is 25.8 Å². The Labute approximate surface area is 132 Å². The molecule has 1 atom stereocenters. The van der Waals surface area contributed by atoms with Crippen LogP contribution in [0, 0.1) is 0 Å². The van der Waals surface area contributed by atoms with Crippen molar-refractivity contribution in [2.45, 2.75) is 10.6 Å². The zero-order valence-electron chi connectivity index (χ0n) is 9.70. The van der Waals surface area contributed by atoms with E-state index in [-0.39, 0.29) is 5.75 Å². The molecule has 0 bridgehead atoms. The Bertz CT molecular complexity index is 628. The van der Waals surface area contributed by atoms with E-state index in [4.69, 9.17) is 28.9 Å². The molecule has 0 heterocycles. The van der Waals surface area contributed by atoms with Gasteiger partial charge in [-0.15, -0.1) is 0 Å². The van der Waals surface area contributed by atoms with Crippen molar-refractivity contribution in [3.63, 3.8) is 0 Å². The van der Waals surface area contributed by atoms with Gasteiger partial charge in [-0.3, -0.25) is 4.21 Å². The van der Waals surface area contributed by atoms with E-state index in [0.717, 1.165) is 4.47 Å². The van der Waals surface area contributed by atoms with Crippen LogP contribution in [0.25, 0.3) is 0 Å². The summed E-state index contributed by atoms with van der Waals surface area (Å²) in [6, 6.07) is 10.5. The molecule has 0 saturated carbocycles. The van der Waals surface area contributed by atoms with Crippen molar-refractivity contribution >= 4 is 55.6 Å². The van der Waals surface area contributed by atoms with E-state index in [1.807, 2.05) is 0 Å². The molecule has 2 N–H and O–H groups in total. The molecule has 100 valence electrons. The van der Waals surface area contributed by atoms with E-state index in [2.05, 4.69) is 15.9 Å². The van der Waals surface area contributed by atoms with E-state index in [1.54, 1.807) is 36.4 Å². The van der Waals surface area contributed by atoms with Gasteiger partial charge in [0.15, 0.2) is 0 Å². The van der Waals surface area contributed by atoms with Crippen LogP contribution in [0.3, 0.4) is 0 Å². The van der Waals surface area contributed by atoms with Gasteiger partial charge in [-0.05, 0) is 30.3 Å². The fourth-order valence-electron chi connectivity index (χ4n) is 1.61. The summed E-state index contributed by atoms with van der Waals surface area (Å²) < 4.78 is 13.2. The number of rotatable bonds is 3. The molecule has 6 heteroatoms. The van der Waals surface area contributed by atoms with Crippen molar-refractivity contribution in [3.8, 4) is 0 Å². The predicted octanol–water partition coefficient (Wildman–Crippen LogP) is 4.65. The lowest BCUT2D eigenvalue weighted by Crippen LogP contribution is -2.02. The van der Waals surface area contributed by atoms with Crippen LogP contribution >= 0.6 is 39.1 Å².